The van der Waals surface area contributed by atoms with Crippen molar-refractivity contribution in [3.8, 4) is 0 Å². The van der Waals surface area contributed by atoms with E-state index in [4.69, 9.17) is 18.0 Å². The van der Waals surface area contributed by atoms with Gasteiger partial charge in [0.1, 0.15) is 4.99 Å². The molecule has 2 aromatic carbocycles. The molecule has 0 amide bonds. The SMILES string of the molecule is NC(=S)c1ccc(Nc2ccccc2C(F)(F)F)cc1. The van der Waals surface area contributed by atoms with E-state index in [1.54, 1.807) is 30.3 Å². The molecule has 6 heteroatoms. The standard InChI is InChI=1S/C14H11F3N2S/c15-14(16,17)11-3-1-2-4-12(11)19-10-7-5-9(6-8-10)13(18)20/h1-8,19H,(H2,18,20). The fourth-order valence-corrected chi connectivity index (χ4v) is 1.85. The van der Waals surface area contributed by atoms with Crippen LogP contribution in [0.1, 0.15) is 11.1 Å². The smallest absolute Gasteiger partial charge is 0.389 e. The number of para-hydroxylation sites is 1. The van der Waals surface area contributed by atoms with E-state index in [-0.39, 0.29) is 10.7 Å². The first-order valence-electron chi connectivity index (χ1n) is 5.71. The van der Waals surface area contributed by atoms with Gasteiger partial charge in [-0.3, -0.25) is 0 Å². The minimum atomic E-state index is -4.40. The second-order valence-corrected chi connectivity index (χ2v) is 4.55. The van der Waals surface area contributed by atoms with E-state index in [9.17, 15) is 13.2 Å². The summed E-state index contributed by atoms with van der Waals surface area (Å²) in [5.41, 5.74) is 5.94. The van der Waals surface area contributed by atoms with Gasteiger partial charge in [0.05, 0.1) is 11.3 Å². The summed E-state index contributed by atoms with van der Waals surface area (Å²) in [4.78, 5) is 0.243. The van der Waals surface area contributed by atoms with Crippen molar-refractivity contribution in [2.45, 2.75) is 6.18 Å². The zero-order valence-electron chi connectivity index (χ0n) is 10.2. The Bertz CT molecular complexity index is 621. The second-order valence-electron chi connectivity index (χ2n) is 4.11. The van der Waals surface area contributed by atoms with Crippen molar-refractivity contribution < 1.29 is 13.2 Å². The summed E-state index contributed by atoms with van der Waals surface area (Å²) >= 11 is 4.81. The Morgan fingerprint density at radius 1 is 1.00 bits per heavy atom. The van der Waals surface area contributed by atoms with Gasteiger partial charge in [0.25, 0.3) is 0 Å². The molecule has 3 N–H and O–H groups in total. The Morgan fingerprint density at radius 3 is 2.15 bits per heavy atom. The van der Waals surface area contributed by atoms with Crippen LogP contribution in [0.3, 0.4) is 0 Å². The van der Waals surface area contributed by atoms with Crippen molar-refractivity contribution in [2.75, 3.05) is 5.32 Å². The molecule has 0 radical (unpaired) electrons. The van der Waals surface area contributed by atoms with Gasteiger partial charge in [-0.2, -0.15) is 13.2 Å². The van der Waals surface area contributed by atoms with Gasteiger partial charge in [0.2, 0.25) is 0 Å². The quantitative estimate of drug-likeness (QED) is 0.838. The topological polar surface area (TPSA) is 38.0 Å². The highest BCUT2D eigenvalue weighted by Gasteiger charge is 2.33. The number of hydrogen-bond acceptors (Lipinski definition) is 2. The molecule has 0 spiro atoms. The van der Waals surface area contributed by atoms with Crippen molar-refractivity contribution in [3.63, 3.8) is 0 Å². The molecule has 0 bridgehead atoms. The molecule has 0 heterocycles. The lowest BCUT2D eigenvalue weighted by Crippen LogP contribution is -2.10. The largest absolute Gasteiger partial charge is 0.418 e. The first kappa shape index (κ1) is 14.3. The number of anilines is 2. The number of hydrogen-bond donors (Lipinski definition) is 2. The van der Waals surface area contributed by atoms with E-state index in [1.165, 1.54) is 12.1 Å². The summed E-state index contributed by atoms with van der Waals surface area (Å²) < 4.78 is 38.5. The monoisotopic (exact) mass is 296 g/mol. The van der Waals surface area contributed by atoms with Gasteiger partial charge in [0.15, 0.2) is 0 Å². The summed E-state index contributed by atoms with van der Waals surface area (Å²) in [5, 5.41) is 2.74. The minimum absolute atomic E-state index is 0.00285. The van der Waals surface area contributed by atoms with E-state index >= 15 is 0 Å². The highest BCUT2D eigenvalue weighted by atomic mass is 32.1. The van der Waals surface area contributed by atoms with Crippen molar-refractivity contribution in [2.24, 2.45) is 5.73 Å². The maximum atomic E-state index is 12.8. The van der Waals surface area contributed by atoms with Crippen LogP contribution in [0, 0.1) is 0 Å². The molecule has 0 atom stereocenters. The highest BCUT2D eigenvalue weighted by Crippen LogP contribution is 2.35. The van der Waals surface area contributed by atoms with Crippen LogP contribution in [0.2, 0.25) is 0 Å². The average Bonchev–Trinajstić information content (AvgIpc) is 2.38. The first-order chi connectivity index (χ1) is 9.38. The van der Waals surface area contributed by atoms with Gasteiger partial charge in [0, 0.05) is 11.3 Å². The van der Waals surface area contributed by atoms with Gasteiger partial charge in [-0.05, 0) is 36.4 Å². The van der Waals surface area contributed by atoms with Crippen molar-refractivity contribution in [1.29, 1.82) is 0 Å². The summed E-state index contributed by atoms with van der Waals surface area (Å²) in [5.74, 6) is 0. The fourth-order valence-electron chi connectivity index (χ4n) is 1.71. The predicted octanol–water partition coefficient (Wildman–Crippen LogP) is 4.08. The lowest BCUT2D eigenvalue weighted by Gasteiger charge is -2.14. The van der Waals surface area contributed by atoms with Gasteiger partial charge in [-0.1, -0.05) is 24.4 Å². The summed E-state index contributed by atoms with van der Waals surface area (Å²) in [6, 6.07) is 11.9. The maximum Gasteiger partial charge on any atom is 0.418 e. The molecule has 0 saturated heterocycles. The molecule has 0 unspecified atom stereocenters. The van der Waals surface area contributed by atoms with Gasteiger partial charge in [-0.15, -0.1) is 0 Å². The molecule has 0 saturated carbocycles. The molecule has 2 aromatic rings. The fraction of sp³-hybridized carbons (Fsp3) is 0.0714. The minimum Gasteiger partial charge on any atom is -0.389 e. The van der Waals surface area contributed by atoms with E-state index < -0.39 is 11.7 Å². The molecule has 0 aliphatic rings. The van der Waals surface area contributed by atoms with Crippen LogP contribution in [0.5, 0.6) is 0 Å². The summed E-state index contributed by atoms with van der Waals surface area (Å²) in [6.07, 6.45) is -4.40. The zero-order valence-corrected chi connectivity index (χ0v) is 11.1. The Balaban J connectivity index is 2.28. The third-order valence-electron chi connectivity index (χ3n) is 2.68. The van der Waals surface area contributed by atoms with Crippen LogP contribution in [0.15, 0.2) is 48.5 Å². The van der Waals surface area contributed by atoms with Gasteiger partial charge in [-0.25, -0.2) is 0 Å². The van der Waals surface area contributed by atoms with Crippen LogP contribution in [0.25, 0.3) is 0 Å². The Hall–Kier alpha value is -2.08. The number of rotatable bonds is 3. The van der Waals surface area contributed by atoms with Crippen molar-refractivity contribution in [3.05, 3.63) is 59.7 Å². The van der Waals surface area contributed by atoms with E-state index in [1.807, 2.05) is 0 Å². The summed E-state index contributed by atoms with van der Waals surface area (Å²) in [6.45, 7) is 0. The predicted molar refractivity (Wildman–Crippen MR) is 77.1 cm³/mol. The molecular formula is C14H11F3N2S. The average molecular weight is 296 g/mol. The number of alkyl halides is 3. The summed E-state index contributed by atoms with van der Waals surface area (Å²) in [7, 11) is 0. The van der Waals surface area contributed by atoms with Crippen molar-refractivity contribution >= 4 is 28.6 Å². The van der Waals surface area contributed by atoms with Crippen LogP contribution in [-0.2, 0) is 6.18 Å². The normalized spacial score (nSPS) is 11.2. The molecular weight excluding hydrogens is 285 g/mol. The Labute approximate surface area is 119 Å². The highest BCUT2D eigenvalue weighted by molar-refractivity contribution is 7.80. The number of nitrogens with two attached hydrogens (primary N) is 1. The lowest BCUT2D eigenvalue weighted by molar-refractivity contribution is -0.136. The van der Waals surface area contributed by atoms with Crippen LogP contribution >= 0.6 is 12.2 Å². The lowest BCUT2D eigenvalue weighted by atomic mass is 10.1. The van der Waals surface area contributed by atoms with E-state index in [2.05, 4.69) is 5.32 Å². The molecule has 104 valence electrons. The zero-order chi connectivity index (χ0) is 14.8. The third-order valence-corrected chi connectivity index (χ3v) is 2.92. The third kappa shape index (κ3) is 3.27. The van der Waals surface area contributed by atoms with Gasteiger partial charge >= 0.3 is 6.18 Å². The first-order valence-corrected chi connectivity index (χ1v) is 6.12. The molecule has 2 rings (SSSR count). The molecule has 0 aliphatic heterocycles. The number of nitrogens with one attached hydrogen (secondary N) is 1. The molecule has 20 heavy (non-hydrogen) atoms. The molecule has 0 aromatic heterocycles. The Kier molecular flexibility index (Phi) is 3.94. The number of benzene rings is 2. The molecule has 0 aliphatic carbocycles. The second kappa shape index (κ2) is 5.50. The molecule has 2 nitrogen and oxygen atoms in total. The van der Waals surface area contributed by atoms with Crippen LogP contribution < -0.4 is 11.1 Å². The van der Waals surface area contributed by atoms with Crippen molar-refractivity contribution in [1.82, 2.24) is 0 Å². The van der Waals surface area contributed by atoms with Gasteiger partial charge < -0.3 is 11.1 Å². The van der Waals surface area contributed by atoms with Crippen LogP contribution in [0.4, 0.5) is 24.5 Å². The molecule has 0 fully saturated rings. The maximum absolute atomic E-state index is 12.8. The van der Waals surface area contributed by atoms with E-state index in [0.29, 0.717) is 11.3 Å². The van der Waals surface area contributed by atoms with Crippen LogP contribution in [-0.4, -0.2) is 4.99 Å². The van der Waals surface area contributed by atoms with E-state index in [0.717, 1.165) is 6.07 Å². The Morgan fingerprint density at radius 2 is 1.60 bits per heavy atom. The number of halogens is 3. The number of thiocarbonyl (C=S) groups is 1.